The van der Waals surface area contributed by atoms with Crippen LogP contribution in [0.15, 0.2) is 52.7 Å². The lowest BCUT2D eigenvalue weighted by Crippen LogP contribution is -1.99. The molecular formula is C18H16Cl2N4O2. The summed E-state index contributed by atoms with van der Waals surface area (Å²) < 4.78 is 12.4. The number of azo groups is 1. The first kappa shape index (κ1) is 18.2. The van der Waals surface area contributed by atoms with Gasteiger partial charge in [-0.15, -0.1) is 10.2 Å². The van der Waals surface area contributed by atoms with Crippen LogP contribution in [-0.4, -0.2) is 24.0 Å². The first-order chi connectivity index (χ1) is 12.5. The van der Waals surface area contributed by atoms with Crippen molar-refractivity contribution < 1.29 is 9.47 Å². The zero-order valence-corrected chi connectivity index (χ0v) is 15.9. The SMILES string of the molecule is COc1ccc(Cl)cc1/N=N\c1c(C)nn(-c2ccc(Cl)cc2)c1OC. The fourth-order valence-electron chi connectivity index (χ4n) is 2.40. The highest BCUT2D eigenvalue weighted by Crippen LogP contribution is 2.37. The maximum absolute atomic E-state index is 6.03. The Balaban J connectivity index is 2.03. The highest BCUT2D eigenvalue weighted by molar-refractivity contribution is 6.31. The maximum Gasteiger partial charge on any atom is 0.245 e. The molecule has 0 saturated heterocycles. The highest BCUT2D eigenvalue weighted by atomic mass is 35.5. The molecular weight excluding hydrogens is 375 g/mol. The van der Waals surface area contributed by atoms with Crippen LogP contribution in [0.1, 0.15) is 5.69 Å². The predicted molar refractivity (Wildman–Crippen MR) is 102 cm³/mol. The average molecular weight is 391 g/mol. The fourth-order valence-corrected chi connectivity index (χ4v) is 2.69. The van der Waals surface area contributed by atoms with Crippen LogP contribution in [0.4, 0.5) is 11.4 Å². The molecule has 0 unspecified atom stereocenters. The number of hydrogen-bond donors (Lipinski definition) is 0. The molecule has 0 radical (unpaired) electrons. The highest BCUT2D eigenvalue weighted by Gasteiger charge is 2.17. The minimum absolute atomic E-state index is 0.467. The number of benzene rings is 2. The molecule has 8 heteroatoms. The summed E-state index contributed by atoms with van der Waals surface area (Å²) in [6, 6.07) is 12.4. The first-order valence-corrected chi connectivity index (χ1v) is 8.44. The third kappa shape index (κ3) is 3.66. The van der Waals surface area contributed by atoms with E-state index < -0.39 is 0 Å². The van der Waals surface area contributed by atoms with Gasteiger partial charge in [-0.25, -0.2) is 0 Å². The Morgan fingerprint density at radius 3 is 2.27 bits per heavy atom. The van der Waals surface area contributed by atoms with Gasteiger partial charge in [0, 0.05) is 10.0 Å². The van der Waals surface area contributed by atoms with Gasteiger partial charge in [0.2, 0.25) is 5.88 Å². The molecule has 6 nitrogen and oxygen atoms in total. The lowest BCUT2D eigenvalue weighted by Gasteiger charge is -2.06. The summed E-state index contributed by atoms with van der Waals surface area (Å²) in [7, 11) is 3.12. The van der Waals surface area contributed by atoms with Crippen molar-refractivity contribution in [1.82, 2.24) is 9.78 Å². The zero-order chi connectivity index (χ0) is 18.7. The number of rotatable bonds is 5. The molecule has 0 N–H and O–H groups in total. The van der Waals surface area contributed by atoms with Gasteiger partial charge < -0.3 is 9.47 Å². The van der Waals surface area contributed by atoms with Gasteiger partial charge in [0.25, 0.3) is 0 Å². The summed E-state index contributed by atoms with van der Waals surface area (Å²) in [5.41, 5.74) is 2.50. The number of nitrogens with zero attached hydrogens (tertiary/aromatic N) is 4. The van der Waals surface area contributed by atoms with Crippen LogP contribution in [0, 0.1) is 6.92 Å². The van der Waals surface area contributed by atoms with Gasteiger partial charge in [-0.1, -0.05) is 23.2 Å². The van der Waals surface area contributed by atoms with Crippen molar-refractivity contribution in [2.45, 2.75) is 6.92 Å². The average Bonchev–Trinajstić information content (AvgIpc) is 2.96. The van der Waals surface area contributed by atoms with E-state index in [0.717, 1.165) is 5.69 Å². The summed E-state index contributed by atoms with van der Waals surface area (Å²) in [5, 5.41) is 14.2. The van der Waals surface area contributed by atoms with Crippen LogP contribution >= 0.6 is 23.2 Å². The van der Waals surface area contributed by atoms with E-state index >= 15 is 0 Å². The van der Waals surface area contributed by atoms with Crippen molar-refractivity contribution >= 4 is 34.6 Å². The molecule has 2 aromatic carbocycles. The molecule has 3 aromatic rings. The summed E-state index contributed by atoms with van der Waals surface area (Å²) in [6.45, 7) is 1.83. The molecule has 0 saturated carbocycles. The number of halogens is 2. The largest absolute Gasteiger partial charge is 0.494 e. The quantitative estimate of drug-likeness (QED) is 0.507. The molecule has 0 aliphatic rings. The van der Waals surface area contributed by atoms with Gasteiger partial charge in [0.05, 0.1) is 25.6 Å². The summed E-state index contributed by atoms with van der Waals surface area (Å²) in [5.74, 6) is 1.04. The zero-order valence-electron chi connectivity index (χ0n) is 14.4. The molecule has 1 aromatic heterocycles. The second-order valence-corrected chi connectivity index (χ2v) is 6.22. The third-order valence-corrected chi connectivity index (χ3v) is 4.14. The topological polar surface area (TPSA) is 61.0 Å². The Bertz CT molecular complexity index is 953. The second-order valence-electron chi connectivity index (χ2n) is 5.35. The van der Waals surface area contributed by atoms with Crippen molar-refractivity contribution in [3.05, 3.63) is 58.2 Å². The van der Waals surface area contributed by atoms with Crippen LogP contribution in [-0.2, 0) is 0 Å². The lowest BCUT2D eigenvalue weighted by molar-refractivity contribution is 0.384. The van der Waals surface area contributed by atoms with E-state index in [9.17, 15) is 0 Å². The molecule has 0 aliphatic heterocycles. The lowest BCUT2D eigenvalue weighted by atomic mass is 10.3. The summed E-state index contributed by atoms with van der Waals surface area (Å²) >= 11 is 12.0. The van der Waals surface area contributed by atoms with E-state index in [1.165, 1.54) is 0 Å². The summed E-state index contributed by atoms with van der Waals surface area (Å²) in [4.78, 5) is 0. The first-order valence-electron chi connectivity index (χ1n) is 7.68. The molecule has 0 amide bonds. The van der Waals surface area contributed by atoms with Crippen molar-refractivity contribution in [2.24, 2.45) is 10.2 Å². The third-order valence-electron chi connectivity index (χ3n) is 3.65. The molecule has 3 rings (SSSR count). The normalized spacial score (nSPS) is 11.1. The minimum atomic E-state index is 0.467. The fraction of sp³-hybridized carbons (Fsp3) is 0.167. The van der Waals surface area contributed by atoms with Gasteiger partial charge in [0.15, 0.2) is 5.69 Å². The van der Waals surface area contributed by atoms with Gasteiger partial charge in [-0.3, -0.25) is 0 Å². The van der Waals surface area contributed by atoms with Gasteiger partial charge >= 0.3 is 0 Å². The Morgan fingerprint density at radius 2 is 1.62 bits per heavy atom. The standard InChI is InChI=1S/C18H16Cl2N4O2/c1-11-17(22-21-15-10-13(20)6-9-16(15)25-2)18(26-3)24(23-11)14-7-4-12(19)5-8-14/h4-10H,1-3H3/b22-21-. The molecule has 0 fully saturated rings. The van der Waals surface area contributed by atoms with Crippen LogP contribution in [0.3, 0.4) is 0 Å². The number of aryl methyl sites for hydroxylation is 1. The maximum atomic E-state index is 6.03. The molecule has 26 heavy (non-hydrogen) atoms. The Labute approximate surface area is 161 Å². The molecule has 0 atom stereocenters. The minimum Gasteiger partial charge on any atom is -0.494 e. The van der Waals surface area contributed by atoms with Crippen molar-refractivity contribution in [2.75, 3.05) is 14.2 Å². The Morgan fingerprint density at radius 1 is 0.923 bits per heavy atom. The molecule has 134 valence electrons. The smallest absolute Gasteiger partial charge is 0.245 e. The Kier molecular flexibility index (Phi) is 5.44. The predicted octanol–water partition coefficient (Wildman–Crippen LogP) is 5.92. The van der Waals surface area contributed by atoms with Crippen LogP contribution in [0.2, 0.25) is 10.0 Å². The van der Waals surface area contributed by atoms with Crippen LogP contribution in [0.5, 0.6) is 11.6 Å². The molecule has 0 spiro atoms. The van der Waals surface area contributed by atoms with Crippen molar-refractivity contribution in [3.8, 4) is 17.3 Å². The molecule has 1 heterocycles. The van der Waals surface area contributed by atoms with E-state index in [1.54, 1.807) is 49.2 Å². The van der Waals surface area contributed by atoms with E-state index in [-0.39, 0.29) is 0 Å². The number of methoxy groups -OCH3 is 2. The number of hydrogen-bond acceptors (Lipinski definition) is 5. The van der Waals surface area contributed by atoms with Gasteiger partial charge in [-0.2, -0.15) is 9.78 Å². The molecule has 0 aliphatic carbocycles. The van der Waals surface area contributed by atoms with Crippen molar-refractivity contribution in [1.29, 1.82) is 0 Å². The van der Waals surface area contributed by atoms with E-state index in [0.29, 0.717) is 38.7 Å². The van der Waals surface area contributed by atoms with E-state index in [2.05, 4.69) is 15.3 Å². The Hall–Kier alpha value is -2.57. The van der Waals surface area contributed by atoms with Crippen LogP contribution in [0.25, 0.3) is 5.69 Å². The summed E-state index contributed by atoms with van der Waals surface area (Å²) in [6.07, 6.45) is 0. The van der Waals surface area contributed by atoms with E-state index in [4.69, 9.17) is 32.7 Å². The van der Waals surface area contributed by atoms with E-state index in [1.807, 2.05) is 19.1 Å². The van der Waals surface area contributed by atoms with Crippen LogP contribution < -0.4 is 9.47 Å². The van der Waals surface area contributed by atoms with Gasteiger partial charge in [0.1, 0.15) is 11.4 Å². The number of ether oxygens (including phenoxy) is 2. The molecule has 0 bridgehead atoms. The number of aromatic nitrogens is 2. The second kappa shape index (κ2) is 7.76. The van der Waals surface area contributed by atoms with Crippen molar-refractivity contribution in [3.63, 3.8) is 0 Å². The van der Waals surface area contributed by atoms with Gasteiger partial charge in [-0.05, 0) is 49.4 Å². The monoisotopic (exact) mass is 390 g/mol.